The van der Waals surface area contributed by atoms with E-state index in [0.717, 1.165) is 11.1 Å². The summed E-state index contributed by atoms with van der Waals surface area (Å²) in [7, 11) is 0. The number of nitriles is 1. The summed E-state index contributed by atoms with van der Waals surface area (Å²) >= 11 is 0. The van der Waals surface area contributed by atoms with Crippen LogP contribution in [0.3, 0.4) is 0 Å². The molecule has 21 heavy (non-hydrogen) atoms. The molecule has 2 aromatic rings. The van der Waals surface area contributed by atoms with Gasteiger partial charge in [0.2, 0.25) is 0 Å². The molecule has 0 amide bonds. The number of halogens is 1. The van der Waals surface area contributed by atoms with E-state index in [0.29, 0.717) is 11.3 Å². The van der Waals surface area contributed by atoms with Crippen molar-refractivity contribution in [3.63, 3.8) is 0 Å². The van der Waals surface area contributed by atoms with Gasteiger partial charge in [0.05, 0.1) is 17.7 Å². The van der Waals surface area contributed by atoms with E-state index in [1.807, 2.05) is 19.1 Å². The van der Waals surface area contributed by atoms with Crippen molar-refractivity contribution in [1.29, 1.82) is 5.26 Å². The molecule has 1 N–H and O–H groups in total. The average Bonchev–Trinajstić information content (AvgIpc) is 2.45. The molecule has 0 spiro atoms. The second-order valence-corrected chi connectivity index (χ2v) is 4.95. The SMILES string of the molecule is Cc1cc([C@H](C)O)ccc1OCc1cc(F)cc(C#N)c1. The second-order valence-electron chi connectivity index (χ2n) is 4.95. The summed E-state index contributed by atoms with van der Waals surface area (Å²) < 4.78 is 19.0. The Morgan fingerprint density at radius 1 is 1.29 bits per heavy atom. The number of ether oxygens (including phenoxy) is 1. The van der Waals surface area contributed by atoms with Crippen molar-refractivity contribution < 1.29 is 14.2 Å². The molecule has 0 fully saturated rings. The van der Waals surface area contributed by atoms with Gasteiger partial charge in [-0.25, -0.2) is 4.39 Å². The first-order valence-electron chi connectivity index (χ1n) is 6.60. The summed E-state index contributed by atoms with van der Waals surface area (Å²) in [6, 6.07) is 11.5. The van der Waals surface area contributed by atoms with Gasteiger partial charge >= 0.3 is 0 Å². The van der Waals surface area contributed by atoms with E-state index in [1.54, 1.807) is 25.1 Å². The molecule has 2 rings (SSSR count). The summed E-state index contributed by atoms with van der Waals surface area (Å²) in [6.07, 6.45) is -0.529. The lowest BCUT2D eigenvalue weighted by atomic mass is 10.1. The van der Waals surface area contributed by atoms with Gasteiger partial charge in [-0.05, 0) is 60.9 Å². The van der Waals surface area contributed by atoms with Crippen LogP contribution < -0.4 is 4.74 Å². The van der Waals surface area contributed by atoms with Gasteiger partial charge in [-0.15, -0.1) is 0 Å². The molecule has 0 bridgehead atoms. The Morgan fingerprint density at radius 2 is 2.05 bits per heavy atom. The van der Waals surface area contributed by atoms with E-state index >= 15 is 0 Å². The highest BCUT2D eigenvalue weighted by Gasteiger charge is 2.06. The van der Waals surface area contributed by atoms with Crippen molar-refractivity contribution in [2.45, 2.75) is 26.6 Å². The van der Waals surface area contributed by atoms with Crippen LogP contribution in [0.1, 0.15) is 35.3 Å². The van der Waals surface area contributed by atoms with Crippen LogP contribution in [-0.2, 0) is 6.61 Å². The molecule has 0 aromatic heterocycles. The summed E-state index contributed by atoms with van der Waals surface area (Å²) in [5, 5.41) is 18.3. The molecule has 0 aliphatic heterocycles. The third-order valence-electron chi connectivity index (χ3n) is 3.16. The maximum Gasteiger partial charge on any atom is 0.124 e. The largest absolute Gasteiger partial charge is 0.489 e. The van der Waals surface area contributed by atoms with Crippen LogP contribution in [0.5, 0.6) is 5.75 Å². The molecule has 0 unspecified atom stereocenters. The number of hydrogen-bond donors (Lipinski definition) is 1. The van der Waals surface area contributed by atoms with Gasteiger partial charge in [0, 0.05) is 0 Å². The zero-order chi connectivity index (χ0) is 15.4. The third kappa shape index (κ3) is 3.80. The minimum absolute atomic E-state index is 0.182. The lowest BCUT2D eigenvalue weighted by molar-refractivity contribution is 0.199. The first kappa shape index (κ1) is 15.0. The van der Waals surface area contributed by atoms with Crippen molar-refractivity contribution in [3.8, 4) is 11.8 Å². The molecule has 108 valence electrons. The maximum atomic E-state index is 13.3. The summed E-state index contributed by atoms with van der Waals surface area (Å²) in [6.45, 7) is 3.76. The Bertz CT molecular complexity index is 690. The quantitative estimate of drug-likeness (QED) is 0.933. The Balaban J connectivity index is 2.13. The molecule has 4 heteroatoms. The number of aryl methyl sites for hydroxylation is 1. The summed E-state index contributed by atoms with van der Waals surface area (Å²) in [5.41, 5.74) is 2.59. The van der Waals surface area contributed by atoms with Gasteiger partial charge in [0.1, 0.15) is 18.2 Å². The molecule has 1 atom stereocenters. The minimum Gasteiger partial charge on any atom is -0.489 e. The van der Waals surface area contributed by atoms with E-state index in [1.165, 1.54) is 12.1 Å². The standard InChI is InChI=1S/C17H16FNO2/c1-11-5-15(12(2)20)3-4-17(11)21-10-14-6-13(9-19)7-16(18)8-14/h3-8,12,20H,10H2,1-2H3/t12-/m0/s1. The lowest BCUT2D eigenvalue weighted by Crippen LogP contribution is -2.00. The topological polar surface area (TPSA) is 53.2 Å². The van der Waals surface area contributed by atoms with Crippen LogP contribution in [0.25, 0.3) is 0 Å². The zero-order valence-electron chi connectivity index (χ0n) is 11.9. The normalized spacial score (nSPS) is 11.8. The lowest BCUT2D eigenvalue weighted by Gasteiger charge is -2.12. The number of nitrogens with zero attached hydrogens (tertiary/aromatic N) is 1. The summed E-state index contributed by atoms with van der Waals surface area (Å²) in [5.74, 6) is 0.219. The molecule has 0 aliphatic carbocycles. The smallest absolute Gasteiger partial charge is 0.124 e. The van der Waals surface area contributed by atoms with Crippen molar-refractivity contribution in [1.82, 2.24) is 0 Å². The van der Waals surface area contributed by atoms with Gasteiger partial charge in [-0.3, -0.25) is 0 Å². The van der Waals surface area contributed by atoms with Crippen molar-refractivity contribution in [2.75, 3.05) is 0 Å². The Kier molecular flexibility index (Phi) is 4.56. The maximum absolute atomic E-state index is 13.3. The molecule has 0 saturated heterocycles. The van der Waals surface area contributed by atoms with E-state index < -0.39 is 11.9 Å². The van der Waals surface area contributed by atoms with Gasteiger partial charge in [0.15, 0.2) is 0 Å². The Hall–Kier alpha value is -2.38. The predicted molar refractivity (Wildman–Crippen MR) is 77.3 cm³/mol. The highest BCUT2D eigenvalue weighted by Crippen LogP contribution is 2.23. The van der Waals surface area contributed by atoms with Crippen LogP contribution in [0.15, 0.2) is 36.4 Å². The number of aliphatic hydroxyl groups is 1. The molecule has 0 aliphatic rings. The van der Waals surface area contributed by atoms with Crippen LogP contribution >= 0.6 is 0 Å². The monoisotopic (exact) mass is 285 g/mol. The number of hydrogen-bond acceptors (Lipinski definition) is 3. The Morgan fingerprint density at radius 3 is 2.67 bits per heavy atom. The van der Waals surface area contributed by atoms with E-state index in [2.05, 4.69) is 0 Å². The number of aliphatic hydroxyl groups excluding tert-OH is 1. The van der Waals surface area contributed by atoms with Crippen molar-refractivity contribution in [2.24, 2.45) is 0 Å². The Labute approximate surface area is 123 Å². The van der Waals surface area contributed by atoms with Gasteiger partial charge in [-0.2, -0.15) is 5.26 Å². The van der Waals surface area contributed by atoms with E-state index in [-0.39, 0.29) is 12.2 Å². The highest BCUT2D eigenvalue weighted by atomic mass is 19.1. The predicted octanol–water partition coefficient (Wildman–Crippen LogP) is 3.64. The summed E-state index contributed by atoms with van der Waals surface area (Å²) in [4.78, 5) is 0. The fourth-order valence-electron chi connectivity index (χ4n) is 2.05. The molecular weight excluding hydrogens is 269 g/mol. The fourth-order valence-corrected chi connectivity index (χ4v) is 2.05. The van der Waals surface area contributed by atoms with Crippen LogP contribution in [-0.4, -0.2) is 5.11 Å². The fraction of sp³-hybridized carbons (Fsp3) is 0.235. The molecule has 2 aromatic carbocycles. The van der Waals surface area contributed by atoms with Gasteiger partial charge < -0.3 is 9.84 Å². The van der Waals surface area contributed by atoms with Crippen molar-refractivity contribution >= 4 is 0 Å². The second kappa shape index (κ2) is 6.38. The third-order valence-corrected chi connectivity index (χ3v) is 3.16. The van der Waals surface area contributed by atoms with Crippen LogP contribution in [0.2, 0.25) is 0 Å². The number of rotatable bonds is 4. The van der Waals surface area contributed by atoms with Gasteiger partial charge in [0.25, 0.3) is 0 Å². The van der Waals surface area contributed by atoms with Crippen LogP contribution in [0, 0.1) is 24.1 Å². The molecular formula is C17H16FNO2. The molecule has 3 nitrogen and oxygen atoms in total. The molecule has 0 heterocycles. The molecule has 0 radical (unpaired) electrons. The number of benzene rings is 2. The minimum atomic E-state index is -0.529. The van der Waals surface area contributed by atoms with E-state index in [9.17, 15) is 9.50 Å². The zero-order valence-corrected chi connectivity index (χ0v) is 11.9. The highest BCUT2D eigenvalue weighted by molar-refractivity contribution is 5.38. The molecule has 0 saturated carbocycles. The van der Waals surface area contributed by atoms with Crippen molar-refractivity contribution in [3.05, 3.63) is 64.5 Å². The van der Waals surface area contributed by atoms with E-state index in [4.69, 9.17) is 10.00 Å². The van der Waals surface area contributed by atoms with Crippen LogP contribution in [0.4, 0.5) is 4.39 Å². The first-order valence-corrected chi connectivity index (χ1v) is 6.60. The average molecular weight is 285 g/mol. The first-order chi connectivity index (χ1) is 9.99. The van der Waals surface area contributed by atoms with Gasteiger partial charge in [-0.1, -0.05) is 6.07 Å².